The minimum Gasteiger partial charge on any atom is -0.393 e. The first kappa shape index (κ1) is 11.8. The van der Waals surface area contributed by atoms with Gasteiger partial charge in [-0.25, -0.2) is 0 Å². The van der Waals surface area contributed by atoms with Crippen molar-refractivity contribution in [1.82, 2.24) is 5.32 Å². The Morgan fingerprint density at radius 2 is 2.07 bits per heavy atom. The first-order valence-electron chi connectivity index (χ1n) is 5.08. The minimum absolute atomic E-state index is 0.0839. The number of hydrogen-bond acceptors (Lipinski definition) is 2. The normalized spacial score (nSPS) is 27.9. The van der Waals surface area contributed by atoms with Gasteiger partial charge in [-0.1, -0.05) is 28.6 Å². The topological polar surface area (TPSA) is 32.3 Å². The highest BCUT2D eigenvalue weighted by molar-refractivity contribution is 9.09. The van der Waals surface area contributed by atoms with E-state index >= 15 is 0 Å². The van der Waals surface area contributed by atoms with Crippen LogP contribution >= 0.6 is 15.9 Å². The van der Waals surface area contributed by atoms with Gasteiger partial charge in [-0.05, 0) is 31.8 Å². The van der Waals surface area contributed by atoms with Crippen LogP contribution in [0.3, 0.4) is 0 Å². The highest BCUT2D eigenvalue weighted by Crippen LogP contribution is 2.18. The highest BCUT2D eigenvalue weighted by atomic mass is 79.9. The van der Waals surface area contributed by atoms with Gasteiger partial charge in [0.25, 0.3) is 0 Å². The molecular weight excluding hydrogens is 242 g/mol. The van der Waals surface area contributed by atoms with Gasteiger partial charge in [-0.15, -0.1) is 0 Å². The van der Waals surface area contributed by atoms with Gasteiger partial charge in [0, 0.05) is 17.1 Å². The van der Waals surface area contributed by atoms with E-state index in [2.05, 4.69) is 27.8 Å². The van der Waals surface area contributed by atoms with E-state index < -0.39 is 0 Å². The summed E-state index contributed by atoms with van der Waals surface area (Å²) in [5, 5.41) is 13.6. The highest BCUT2D eigenvalue weighted by Gasteiger charge is 2.18. The standard InChI is InChI=1S/C11H18BrNO/c1-9(3-2-8-12)13-10-4-6-11(14)7-5-10/h2-3,10-11,13-14H,1,4-8H2/b3-2+. The third kappa shape index (κ3) is 4.29. The summed E-state index contributed by atoms with van der Waals surface area (Å²) in [6.45, 7) is 3.92. The smallest absolute Gasteiger partial charge is 0.0541 e. The van der Waals surface area contributed by atoms with Crippen LogP contribution < -0.4 is 5.32 Å². The van der Waals surface area contributed by atoms with E-state index in [0.29, 0.717) is 6.04 Å². The number of allylic oxidation sites excluding steroid dienone is 2. The minimum atomic E-state index is -0.0839. The number of halogens is 1. The molecule has 0 aromatic heterocycles. The first-order chi connectivity index (χ1) is 6.72. The second-order valence-electron chi connectivity index (χ2n) is 3.73. The number of alkyl halides is 1. The molecule has 0 amide bonds. The fraction of sp³-hybridized carbons (Fsp3) is 0.636. The monoisotopic (exact) mass is 259 g/mol. The molecule has 0 aromatic rings. The van der Waals surface area contributed by atoms with Crippen molar-refractivity contribution in [2.45, 2.75) is 37.8 Å². The van der Waals surface area contributed by atoms with Gasteiger partial charge < -0.3 is 10.4 Å². The van der Waals surface area contributed by atoms with Gasteiger partial charge >= 0.3 is 0 Å². The number of aliphatic hydroxyl groups is 1. The lowest BCUT2D eigenvalue weighted by Gasteiger charge is -2.27. The van der Waals surface area contributed by atoms with E-state index in [4.69, 9.17) is 0 Å². The molecule has 0 atom stereocenters. The summed E-state index contributed by atoms with van der Waals surface area (Å²) in [6, 6.07) is 0.492. The molecule has 0 aliphatic heterocycles. The Balaban J connectivity index is 2.24. The van der Waals surface area contributed by atoms with Crippen molar-refractivity contribution in [3.8, 4) is 0 Å². The maximum Gasteiger partial charge on any atom is 0.0541 e. The van der Waals surface area contributed by atoms with Crippen molar-refractivity contribution < 1.29 is 5.11 Å². The Morgan fingerprint density at radius 3 is 2.64 bits per heavy atom. The average Bonchev–Trinajstić information content (AvgIpc) is 2.18. The molecule has 80 valence electrons. The van der Waals surface area contributed by atoms with Gasteiger partial charge in [-0.3, -0.25) is 0 Å². The Morgan fingerprint density at radius 1 is 1.43 bits per heavy atom. The molecule has 3 heteroatoms. The molecule has 1 saturated carbocycles. The number of rotatable bonds is 4. The summed E-state index contributed by atoms with van der Waals surface area (Å²) in [5.41, 5.74) is 0.964. The summed E-state index contributed by atoms with van der Waals surface area (Å²) in [4.78, 5) is 0. The van der Waals surface area contributed by atoms with Crippen molar-refractivity contribution in [3.63, 3.8) is 0 Å². The van der Waals surface area contributed by atoms with Crippen molar-refractivity contribution in [2.75, 3.05) is 5.33 Å². The maximum absolute atomic E-state index is 9.33. The summed E-state index contributed by atoms with van der Waals surface area (Å²) >= 11 is 3.32. The predicted octanol–water partition coefficient (Wildman–Crippen LogP) is 2.34. The molecule has 2 nitrogen and oxygen atoms in total. The third-order valence-corrected chi connectivity index (χ3v) is 2.87. The van der Waals surface area contributed by atoms with Crippen LogP contribution in [-0.2, 0) is 0 Å². The van der Waals surface area contributed by atoms with E-state index in [-0.39, 0.29) is 6.10 Å². The van der Waals surface area contributed by atoms with Crippen LogP contribution in [0, 0.1) is 0 Å². The molecule has 0 saturated heterocycles. The largest absolute Gasteiger partial charge is 0.393 e. The molecule has 0 spiro atoms. The van der Waals surface area contributed by atoms with Crippen molar-refractivity contribution in [2.24, 2.45) is 0 Å². The average molecular weight is 260 g/mol. The van der Waals surface area contributed by atoms with Gasteiger partial charge in [0.1, 0.15) is 0 Å². The number of aliphatic hydroxyl groups excluding tert-OH is 1. The lowest BCUT2D eigenvalue weighted by molar-refractivity contribution is 0.119. The Labute approximate surface area is 94.2 Å². The second kappa shape index (κ2) is 6.25. The zero-order valence-corrected chi connectivity index (χ0v) is 9.96. The van der Waals surface area contributed by atoms with Crippen LogP contribution in [-0.4, -0.2) is 22.6 Å². The fourth-order valence-corrected chi connectivity index (χ4v) is 1.90. The summed E-state index contributed by atoms with van der Waals surface area (Å²) in [6.07, 6.45) is 7.83. The molecule has 0 heterocycles. The lowest BCUT2D eigenvalue weighted by atomic mass is 9.93. The van der Waals surface area contributed by atoms with E-state index in [1.807, 2.05) is 12.2 Å². The molecule has 0 unspecified atom stereocenters. The van der Waals surface area contributed by atoms with E-state index in [0.717, 1.165) is 36.7 Å². The van der Waals surface area contributed by atoms with E-state index in [1.165, 1.54) is 0 Å². The molecule has 0 bridgehead atoms. The van der Waals surface area contributed by atoms with E-state index in [1.54, 1.807) is 0 Å². The quantitative estimate of drug-likeness (QED) is 0.600. The van der Waals surface area contributed by atoms with Crippen molar-refractivity contribution in [1.29, 1.82) is 0 Å². The number of nitrogens with one attached hydrogen (secondary N) is 1. The molecule has 1 aliphatic carbocycles. The maximum atomic E-state index is 9.33. The SMILES string of the molecule is C=C(/C=C/CBr)NC1CCC(O)CC1. The fourth-order valence-electron chi connectivity index (χ4n) is 1.72. The summed E-state index contributed by atoms with van der Waals surface area (Å²) < 4.78 is 0. The summed E-state index contributed by atoms with van der Waals surface area (Å²) in [7, 11) is 0. The number of hydrogen-bond donors (Lipinski definition) is 2. The summed E-state index contributed by atoms with van der Waals surface area (Å²) in [5.74, 6) is 0. The molecule has 2 N–H and O–H groups in total. The van der Waals surface area contributed by atoms with Gasteiger partial charge in [0.15, 0.2) is 0 Å². The molecule has 0 aromatic carbocycles. The third-order valence-electron chi connectivity index (χ3n) is 2.49. The Bertz CT molecular complexity index is 207. The zero-order chi connectivity index (χ0) is 10.4. The van der Waals surface area contributed by atoms with Gasteiger partial charge in [-0.2, -0.15) is 0 Å². The first-order valence-corrected chi connectivity index (χ1v) is 6.20. The van der Waals surface area contributed by atoms with Crippen molar-refractivity contribution >= 4 is 15.9 Å². The second-order valence-corrected chi connectivity index (χ2v) is 4.38. The lowest BCUT2D eigenvalue weighted by Crippen LogP contribution is -2.33. The van der Waals surface area contributed by atoms with Crippen LogP contribution in [0.4, 0.5) is 0 Å². The Hall–Kier alpha value is -0.280. The predicted molar refractivity (Wildman–Crippen MR) is 63.5 cm³/mol. The van der Waals surface area contributed by atoms with Gasteiger partial charge in [0.2, 0.25) is 0 Å². The molecular formula is C11H18BrNO. The van der Waals surface area contributed by atoms with Crippen molar-refractivity contribution in [3.05, 3.63) is 24.4 Å². The van der Waals surface area contributed by atoms with Crippen LogP contribution in [0.15, 0.2) is 24.4 Å². The van der Waals surface area contributed by atoms with E-state index in [9.17, 15) is 5.11 Å². The van der Waals surface area contributed by atoms with Crippen LogP contribution in [0.5, 0.6) is 0 Å². The molecule has 0 radical (unpaired) electrons. The van der Waals surface area contributed by atoms with Crippen LogP contribution in [0.25, 0.3) is 0 Å². The van der Waals surface area contributed by atoms with Crippen LogP contribution in [0.2, 0.25) is 0 Å². The van der Waals surface area contributed by atoms with Gasteiger partial charge in [0.05, 0.1) is 6.10 Å². The Kier molecular flexibility index (Phi) is 5.26. The molecule has 1 fully saturated rings. The zero-order valence-electron chi connectivity index (χ0n) is 8.38. The molecule has 14 heavy (non-hydrogen) atoms. The van der Waals surface area contributed by atoms with Crippen LogP contribution in [0.1, 0.15) is 25.7 Å². The molecule has 1 rings (SSSR count). The molecule has 1 aliphatic rings.